The van der Waals surface area contributed by atoms with Crippen molar-refractivity contribution in [2.24, 2.45) is 0 Å². The molecule has 3 aromatic rings. The number of fused-ring (bicyclic) bond motifs is 1. The van der Waals surface area contributed by atoms with Crippen LogP contribution in [0, 0.1) is 0 Å². The summed E-state index contributed by atoms with van der Waals surface area (Å²) in [6.45, 7) is 1.42. The van der Waals surface area contributed by atoms with Crippen molar-refractivity contribution in [1.82, 2.24) is 0 Å². The molecule has 3 rings (SSSR count). The second-order valence-corrected chi connectivity index (χ2v) is 6.05. The molecule has 3 aromatic carbocycles. The van der Waals surface area contributed by atoms with Crippen LogP contribution in [0.4, 0.5) is 13.2 Å². The highest BCUT2D eigenvalue weighted by atomic mass is 19.4. The van der Waals surface area contributed by atoms with Crippen LogP contribution in [0.15, 0.2) is 54.6 Å². The second kappa shape index (κ2) is 6.87. The van der Waals surface area contributed by atoms with E-state index in [0.29, 0.717) is 16.7 Å². The lowest BCUT2D eigenvalue weighted by Crippen LogP contribution is -2.14. The van der Waals surface area contributed by atoms with Gasteiger partial charge in [0.15, 0.2) is 5.78 Å². The van der Waals surface area contributed by atoms with E-state index in [2.05, 4.69) is 4.74 Å². The Labute approximate surface area is 153 Å². The SMILES string of the molecule is COC(=O)c1cc(-c2cc(C(C)=O)cc3ccccc23)ccc1C(F)(F)F. The van der Waals surface area contributed by atoms with E-state index in [1.165, 1.54) is 13.0 Å². The van der Waals surface area contributed by atoms with Crippen molar-refractivity contribution in [1.29, 1.82) is 0 Å². The monoisotopic (exact) mass is 372 g/mol. The van der Waals surface area contributed by atoms with Crippen LogP contribution >= 0.6 is 0 Å². The molecule has 27 heavy (non-hydrogen) atoms. The summed E-state index contributed by atoms with van der Waals surface area (Å²) in [5, 5.41) is 1.54. The first kappa shape index (κ1) is 18.6. The van der Waals surface area contributed by atoms with E-state index < -0.39 is 23.3 Å². The number of ketones is 1. The summed E-state index contributed by atoms with van der Waals surface area (Å²) in [6, 6.07) is 13.9. The van der Waals surface area contributed by atoms with Gasteiger partial charge in [0.05, 0.1) is 18.2 Å². The largest absolute Gasteiger partial charge is 0.465 e. The fourth-order valence-electron chi connectivity index (χ4n) is 2.99. The molecule has 0 amide bonds. The summed E-state index contributed by atoms with van der Waals surface area (Å²) in [6.07, 6.45) is -4.69. The highest BCUT2D eigenvalue weighted by Crippen LogP contribution is 2.37. The van der Waals surface area contributed by atoms with E-state index in [4.69, 9.17) is 0 Å². The molecule has 0 atom stereocenters. The zero-order valence-electron chi connectivity index (χ0n) is 14.6. The minimum absolute atomic E-state index is 0.165. The van der Waals surface area contributed by atoms with E-state index in [-0.39, 0.29) is 5.78 Å². The molecule has 0 aliphatic heterocycles. The van der Waals surface area contributed by atoms with Gasteiger partial charge in [-0.1, -0.05) is 30.3 Å². The first-order chi connectivity index (χ1) is 12.7. The smallest absolute Gasteiger partial charge is 0.417 e. The summed E-state index contributed by atoms with van der Waals surface area (Å²) >= 11 is 0. The van der Waals surface area contributed by atoms with Gasteiger partial charge in [0.2, 0.25) is 0 Å². The number of carbonyl (C=O) groups is 2. The normalized spacial score (nSPS) is 11.4. The van der Waals surface area contributed by atoms with E-state index in [9.17, 15) is 22.8 Å². The zero-order chi connectivity index (χ0) is 19.8. The number of benzene rings is 3. The number of ether oxygens (including phenoxy) is 1. The molecule has 0 bridgehead atoms. The molecule has 0 fully saturated rings. The van der Waals surface area contributed by atoms with Gasteiger partial charge in [-0.25, -0.2) is 4.79 Å². The lowest BCUT2D eigenvalue weighted by atomic mass is 9.92. The van der Waals surface area contributed by atoms with Gasteiger partial charge in [0.1, 0.15) is 0 Å². The molecule has 138 valence electrons. The molecule has 0 radical (unpaired) electrons. The number of hydrogen-bond donors (Lipinski definition) is 0. The Morgan fingerprint density at radius 1 is 0.963 bits per heavy atom. The molecule has 0 aromatic heterocycles. The fourth-order valence-corrected chi connectivity index (χ4v) is 2.99. The average molecular weight is 372 g/mol. The summed E-state index contributed by atoms with van der Waals surface area (Å²) in [5.74, 6) is -1.24. The van der Waals surface area contributed by atoms with Gasteiger partial charge in [-0.3, -0.25) is 4.79 Å². The van der Waals surface area contributed by atoms with Gasteiger partial charge in [-0.05, 0) is 53.1 Å². The molecule has 0 N–H and O–H groups in total. The van der Waals surface area contributed by atoms with Gasteiger partial charge < -0.3 is 4.74 Å². The molecule has 0 saturated carbocycles. The molecule has 0 unspecified atom stereocenters. The van der Waals surface area contributed by atoms with Crippen LogP contribution in [-0.2, 0) is 10.9 Å². The Balaban J connectivity index is 2.31. The second-order valence-electron chi connectivity index (χ2n) is 6.05. The van der Waals surface area contributed by atoms with Gasteiger partial charge in [0, 0.05) is 5.56 Å². The van der Waals surface area contributed by atoms with Crippen molar-refractivity contribution in [3.63, 3.8) is 0 Å². The van der Waals surface area contributed by atoms with Gasteiger partial charge >= 0.3 is 12.1 Å². The topological polar surface area (TPSA) is 43.4 Å². The van der Waals surface area contributed by atoms with E-state index in [0.717, 1.165) is 30.0 Å². The third-order valence-electron chi connectivity index (χ3n) is 4.31. The molecule has 0 heterocycles. The number of alkyl halides is 3. The van der Waals surface area contributed by atoms with Crippen molar-refractivity contribution in [2.75, 3.05) is 7.11 Å². The Morgan fingerprint density at radius 2 is 1.67 bits per heavy atom. The first-order valence-electron chi connectivity index (χ1n) is 8.06. The highest BCUT2D eigenvalue weighted by molar-refractivity contribution is 6.05. The highest BCUT2D eigenvalue weighted by Gasteiger charge is 2.35. The Bertz CT molecular complexity index is 1050. The predicted octanol–water partition coefficient (Wildman–Crippen LogP) is 5.51. The van der Waals surface area contributed by atoms with Gasteiger partial charge in [-0.2, -0.15) is 13.2 Å². The van der Waals surface area contributed by atoms with Crippen LogP contribution in [0.5, 0.6) is 0 Å². The lowest BCUT2D eigenvalue weighted by Gasteiger charge is -2.15. The number of halogens is 3. The zero-order valence-corrected chi connectivity index (χ0v) is 14.6. The number of Topliss-reactive ketones (excluding diaryl/α,β-unsaturated/α-hetero) is 1. The first-order valence-corrected chi connectivity index (χ1v) is 8.06. The predicted molar refractivity (Wildman–Crippen MR) is 95.7 cm³/mol. The van der Waals surface area contributed by atoms with Gasteiger partial charge in [0.25, 0.3) is 0 Å². The van der Waals surface area contributed by atoms with E-state index in [1.54, 1.807) is 18.2 Å². The minimum atomic E-state index is -4.69. The van der Waals surface area contributed by atoms with Crippen molar-refractivity contribution in [3.8, 4) is 11.1 Å². The summed E-state index contributed by atoms with van der Waals surface area (Å²) < 4.78 is 44.3. The van der Waals surface area contributed by atoms with E-state index >= 15 is 0 Å². The summed E-state index contributed by atoms with van der Waals surface area (Å²) in [4.78, 5) is 23.8. The van der Waals surface area contributed by atoms with Crippen LogP contribution in [0.2, 0.25) is 0 Å². The van der Waals surface area contributed by atoms with E-state index in [1.807, 2.05) is 18.2 Å². The summed E-state index contributed by atoms with van der Waals surface area (Å²) in [5.41, 5.74) is -0.243. The van der Waals surface area contributed by atoms with Crippen molar-refractivity contribution in [2.45, 2.75) is 13.1 Å². The molecule has 0 spiro atoms. The molecule has 0 aliphatic rings. The van der Waals surface area contributed by atoms with Crippen molar-refractivity contribution in [3.05, 3.63) is 71.3 Å². The minimum Gasteiger partial charge on any atom is -0.465 e. The molecule has 0 aliphatic carbocycles. The maximum atomic E-state index is 13.2. The third kappa shape index (κ3) is 3.56. The maximum Gasteiger partial charge on any atom is 0.417 e. The van der Waals surface area contributed by atoms with Gasteiger partial charge in [-0.15, -0.1) is 0 Å². The molecule has 0 saturated heterocycles. The van der Waals surface area contributed by atoms with Crippen LogP contribution < -0.4 is 0 Å². The third-order valence-corrected chi connectivity index (χ3v) is 4.31. The number of carbonyl (C=O) groups excluding carboxylic acids is 2. The van der Waals surface area contributed by atoms with Crippen molar-refractivity contribution >= 4 is 22.5 Å². The quantitative estimate of drug-likeness (QED) is 0.449. The number of rotatable bonds is 3. The average Bonchev–Trinajstić information content (AvgIpc) is 2.65. The molecule has 3 nitrogen and oxygen atoms in total. The number of esters is 1. The maximum absolute atomic E-state index is 13.2. The molecule has 6 heteroatoms. The van der Waals surface area contributed by atoms with Crippen LogP contribution in [0.25, 0.3) is 21.9 Å². The molecular formula is C21H15F3O3. The number of methoxy groups -OCH3 is 1. The number of hydrogen-bond acceptors (Lipinski definition) is 3. The van der Waals surface area contributed by atoms with Crippen LogP contribution in [0.1, 0.15) is 33.2 Å². The standard InChI is InChI=1S/C21H15F3O3/c1-12(25)15-9-13-5-3-4-6-16(13)17(11-15)14-7-8-19(21(22,23)24)18(10-14)20(26)27-2/h3-11H,1-2H3. The lowest BCUT2D eigenvalue weighted by molar-refractivity contribution is -0.138. The molecular weight excluding hydrogens is 357 g/mol. The van der Waals surface area contributed by atoms with Crippen molar-refractivity contribution < 1.29 is 27.5 Å². The van der Waals surface area contributed by atoms with Crippen LogP contribution in [-0.4, -0.2) is 18.9 Å². The van der Waals surface area contributed by atoms with Crippen LogP contribution in [0.3, 0.4) is 0 Å². The Hall–Kier alpha value is -3.15. The fraction of sp³-hybridized carbons (Fsp3) is 0.143. The summed E-state index contributed by atoms with van der Waals surface area (Å²) in [7, 11) is 1.03. The Kier molecular flexibility index (Phi) is 4.74. The Morgan fingerprint density at radius 3 is 2.30 bits per heavy atom.